The molecule has 0 atom stereocenters. The van der Waals surface area contributed by atoms with Gasteiger partial charge in [-0.15, -0.1) is 35.3 Å². The van der Waals surface area contributed by atoms with Gasteiger partial charge in [-0.05, 0) is 46.8 Å². The van der Waals surface area contributed by atoms with Gasteiger partial charge in [0.2, 0.25) is 0 Å². The van der Waals surface area contributed by atoms with Crippen molar-refractivity contribution in [2.24, 2.45) is 4.99 Å². The Balaban J connectivity index is 0.00000242. The molecule has 0 aliphatic carbocycles. The number of hydrogen-bond acceptors (Lipinski definition) is 4. The number of nitrogens with zero attached hydrogens (tertiary/aromatic N) is 2. The quantitative estimate of drug-likeness (QED) is 0.369. The van der Waals surface area contributed by atoms with Gasteiger partial charge in [0.05, 0.1) is 14.3 Å². The van der Waals surface area contributed by atoms with E-state index in [1.165, 1.54) is 5.56 Å². The molecular weight excluding hydrogens is 501 g/mol. The van der Waals surface area contributed by atoms with Crippen LogP contribution in [0.5, 0.6) is 0 Å². The topological polar surface area (TPSA) is 61.8 Å². The Kier molecular flexibility index (Phi) is 7.15. The maximum absolute atomic E-state index is 12.1. The van der Waals surface area contributed by atoms with Crippen LogP contribution in [0, 0.1) is 0 Å². The second-order valence-corrected chi connectivity index (χ2v) is 10.7. The van der Waals surface area contributed by atoms with Gasteiger partial charge in [-0.3, -0.25) is 4.99 Å². The maximum Gasteiger partial charge on any atom is 0.193 e. The smallest absolute Gasteiger partial charge is 0.193 e. The van der Waals surface area contributed by atoms with Crippen LogP contribution in [0.2, 0.25) is 0 Å². The van der Waals surface area contributed by atoms with Crippen LogP contribution in [-0.2, 0) is 16.4 Å². The normalized spacial score (nSPS) is 20.4. The lowest BCUT2D eigenvalue weighted by Gasteiger charge is -2.39. The van der Waals surface area contributed by atoms with E-state index in [0.717, 1.165) is 9.75 Å². The zero-order valence-corrected chi connectivity index (χ0v) is 18.3. The molecule has 1 aliphatic heterocycles. The molecule has 0 radical (unpaired) electrons. The van der Waals surface area contributed by atoms with Gasteiger partial charge in [0, 0.05) is 26.7 Å². The van der Waals surface area contributed by atoms with Gasteiger partial charge in [-0.2, -0.15) is 0 Å². The molecule has 0 saturated carbocycles. The molecule has 1 aromatic heterocycles. The minimum atomic E-state index is -3.03. The zero-order valence-electron chi connectivity index (χ0n) is 12.8. The second kappa shape index (κ2) is 7.80. The number of rotatable bonds is 2. The Bertz CT molecular complexity index is 643. The van der Waals surface area contributed by atoms with Crippen LogP contribution >= 0.6 is 51.2 Å². The first-order valence-electron chi connectivity index (χ1n) is 6.66. The van der Waals surface area contributed by atoms with Gasteiger partial charge in [0.1, 0.15) is 0 Å². The van der Waals surface area contributed by atoms with Crippen molar-refractivity contribution in [1.29, 1.82) is 0 Å². The molecule has 1 N–H and O–H groups in total. The van der Waals surface area contributed by atoms with Crippen molar-refractivity contribution in [3.63, 3.8) is 0 Å². The first kappa shape index (κ1) is 20.2. The number of guanidine groups is 1. The summed E-state index contributed by atoms with van der Waals surface area (Å²) in [5.74, 6) is 0.922. The molecule has 1 aromatic rings. The Morgan fingerprint density at radius 1 is 1.55 bits per heavy atom. The predicted molar refractivity (Wildman–Crippen MR) is 107 cm³/mol. The minimum absolute atomic E-state index is 0. The molecule has 22 heavy (non-hydrogen) atoms. The lowest BCUT2D eigenvalue weighted by atomic mass is 10.2. The molecule has 1 aliphatic rings. The predicted octanol–water partition coefficient (Wildman–Crippen LogP) is 2.71. The SMILES string of the molecule is CN=C(NCc1csc(Br)c1)N1CCS(=O)(=O)C(C)(C)C1.I. The Morgan fingerprint density at radius 3 is 2.73 bits per heavy atom. The van der Waals surface area contributed by atoms with Crippen molar-refractivity contribution in [2.75, 3.05) is 25.9 Å². The minimum Gasteiger partial charge on any atom is -0.352 e. The Hall–Kier alpha value is 0.130. The molecule has 2 rings (SSSR count). The van der Waals surface area contributed by atoms with Crippen LogP contribution < -0.4 is 5.32 Å². The van der Waals surface area contributed by atoms with Crippen molar-refractivity contribution in [3.8, 4) is 0 Å². The van der Waals surface area contributed by atoms with Gasteiger partial charge in [0.15, 0.2) is 15.8 Å². The van der Waals surface area contributed by atoms with Crippen LogP contribution in [0.25, 0.3) is 0 Å². The number of aliphatic imine (C=N–C) groups is 1. The van der Waals surface area contributed by atoms with Crippen LogP contribution in [0.3, 0.4) is 0 Å². The zero-order chi connectivity index (χ0) is 15.7. The summed E-state index contributed by atoms with van der Waals surface area (Å²) in [6, 6.07) is 2.07. The molecule has 2 heterocycles. The molecule has 1 saturated heterocycles. The fourth-order valence-electron chi connectivity index (χ4n) is 2.28. The van der Waals surface area contributed by atoms with Crippen molar-refractivity contribution in [2.45, 2.75) is 25.1 Å². The van der Waals surface area contributed by atoms with Crippen LogP contribution in [0.1, 0.15) is 19.4 Å². The van der Waals surface area contributed by atoms with E-state index in [-0.39, 0.29) is 29.7 Å². The Labute approximate surface area is 161 Å². The average molecular weight is 522 g/mol. The highest BCUT2D eigenvalue weighted by atomic mass is 127. The third-order valence-corrected chi connectivity index (χ3v) is 7.71. The summed E-state index contributed by atoms with van der Waals surface area (Å²) in [7, 11) is -1.30. The van der Waals surface area contributed by atoms with E-state index < -0.39 is 14.6 Å². The van der Waals surface area contributed by atoms with Crippen molar-refractivity contribution in [3.05, 3.63) is 20.8 Å². The first-order valence-corrected chi connectivity index (χ1v) is 9.98. The van der Waals surface area contributed by atoms with Gasteiger partial charge in [-0.1, -0.05) is 0 Å². The van der Waals surface area contributed by atoms with Gasteiger partial charge in [0.25, 0.3) is 0 Å². The third-order valence-electron chi connectivity index (χ3n) is 3.63. The summed E-state index contributed by atoms with van der Waals surface area (Å²) in [4.78, 5) is 6.29. The maximum atomic E-state index is 12.1. The monoisotopic (exact) mass is 521 g/mol. The standard InChI is InChI=1S/C13H20BrN3O2S2.HI/c1-13(2)9-17(4-5-21(13,18)19)12(15-3)16-7-10-6-11(14)20-8-10;/h6,8H,4-5,7,9H2,1-3H3,(H,15,16);1H. The molecule has 0 unspecified atom stereocenters. The van der Waals surface area contributed by atoms with Gasteiger partial charge >= 0.3 is 0 Å². The largest absolute Gasteiger partial charge is 0.352 e. The highest BCUT2D eigenvalue weighted by Gasteiger charge is 2.40. The van der Waals surface area contributed by atoms with Crippen molar-refractivity contribution < 1.29 is 8.42 Å². The average Bonchev–Trinajstić information content (AvgIpc) is 2.80. The molecule has 5 nitrogen and oxygen atoms in total. The number of halogens is 2. The van der Waals surface area contributed by atoms with E-state index in [2.05, 4.69) is 37.7 Å². The van der Waals surface area contributed by atoms with Crippen LogP contribution in [0.15, 0.2) is 20.2 Å². The van der Waals surface area contributed by atoms with E-state index >= 15 is 0 Å². The molecule has 126 valence electrons. The summed E-state index contributed by atoms with van der Waals surface area (Å²) in [6.45, 7) is 5.18. The number of thiophene rings is 1. The van der Waals surface area contributed by atoms with E-state index in [0.29, 0.717) is 19.6 Å². The van der Waals surface area contributed by atoms with E-state index in [9.17, 15) is 8.42 Å². The fraction of sp³-hybridized carbons (Fsp3) is 0.615. The molecule has 0 amide bonds. The van der Waals surface area contributed by atoms with E-state index in [1.807, 2.05) is 4.90 Å². The van der Waals surface area contributed by atoms with Crippen LogP contribution in [-0.4, -0.2) is 49.9 Å². The Morgan fingerprint density at radius 2 is 2.23 bits per heavy atom. The number of hydrogen-bond donors (Lipinski definition) is 1. The highest BCUT2D eigenvalue weighted by Crippen LogP contribution is 2.24. The highest BCUT2D eigenvalue weighted by molar-refractivity contribution is 14.0. The van der Waals surface area contributed by atoms with Gasteiger partial charge in [-0.25, -0.2) is 8.42 Å². The van der Waals surface area contributed by atoms with E-state index in [1.54, 1.807) is 32.2 Å². The molecular formula is C13H21BrIN3O2S2. The molecule has 1 fully saturated rings. The summed E-state index contributed by atoms with van der Waals surface area (Å²) in [5, 5.41) is 5.38. The van der Waals surface area contributed by atoms with Crippen molar-refractivity contribution >= 4 is 67.0 Å². The summed E-state index contributed by atoms with van der Waals surface area (Å²) in [5.41, 5.74) is 1.18. The first-order chi connectivity index (χ1) is 9.75. The summed E-state index contributed by atoms with van der Waals surface area (Å²) >= 11 is 5.09. The fourth-order valence-corrected chi connectivity index (χ4v) is 4.85. The molecule has 0 aromatic carbocycles. The lowest BCUT2D eigenvalue weighted by molar-refractivity contribution is 0.353. The molecule has 9 heteroatoms. The summed E-state index contributed by atoms with van der Waals surface area (Å²) < 4.78 is 24.5. The molecule has 0 bridgehead atoms. The lowest BCUT2D eigenvalue weighted by Crippen LogP contribution is -2.57. The molecule has 0 spiro atoms. The van der Waals surface area contributed by atoms with E-state index in [4.69, 9.17) is 0 Å². The number of sulfone groups is 1. The third kappa shape index (κ3) is 4.57. The van der Waals surface area contributed by atoms with Gasteiger partial charge < -0.3 is 10.2 Å². The summed E-state index contributed by atoms with van der Waals surface area (Å²) in [6.07, 6.45) is 0. The van der Waals surface area contributed by atoms with Crippen LogP contribution in [0.4, 0.5) is 0 Å². The second-order valence-electron chi connectivity index (χ2n) is 5.66. The van der Waals surface area contributed by atoms with Crippen molar-refractivity contribution in [1.82, 2.24) is 10.2 Å². The number of nitrogens with one attached hydrogen (secondary N) is 1.